The smallest absolute Gasteiger partial charge is 0.335 e. The second-order valence-electron chi connectivity index (χ2n) is 5.63. The Kier molecular flexibility index (Phi) is 4.39. The maximum Gasteiger partial charge on any atom is 0.335 e. The van der Waals surface area contributed by atoms with E-state index in [-0.39, 0.29) is 5.91 Å². The molecule has 0 atom stereocenters. The molecule has 0 bridgehead atoms. The summed E-state index contributed by atoms with van der Waals surface area (Å²) in [6.07, 6.45) is 0. The number of carboxylic acids is 1. The van der Waals surface area contributed by atoms with Crippen LogP contribution < -0.4 is 5.32 Å². The maximum atomic E-state index is 11.8. The Hall–Kier alpha value is -1.88. The Morgan fingerprint density at radius 3 is 2.65 bits per heavy atom. The fourth-order valence-electron chi connectivity index (χ4n) is 2.29. The van der Waals surface area contributed by atoms with E-state index in [0.29, 0.717) is 37.7 Å². The summed E-state index contributed by atoms with van der Waals surface area (Å²) in [6.45, 7) is 6.47. The van der Waals surface area contributed by atoms with E-state index in [0.717, 1.165) is 11.1 Å². The maximum absolute atomic E-state index is 11.8. The molecule has 1 heterocycles. The van der Waals surface area contributed by atoms with E-state index in [1.54, 1.807) is 12.1 Å². The number of rotatable bonds is 5. The van der Waals surface area contributed by atoms with Crippen molar-refractivity contribution in [3.63, 3.8) is 0 Å². The molecule has 0 spiro atoms. The van der Waals surface area contributed by atoms with Gasteiger partial charge in [0, 0.05) is 19.6 Å². The van der Waals surface area contributed by atoms with E-state index in [4.69, 9.17) is 5.11 Å². The Morgan fingerprint density at radius 2 is 2.00 bits per heavy atom. The first-order chi connectivity index (χ1) is 9.45. The van der Waals surface area contributed by atoms with Crippen LogP contribution in [0.1, 0.15) is 35.3 Å². The highest BCUT2D eigenvalue weighted by molar-refractivity contribution is 5.88. The summed E-state index contributed by atoms with van der Waals surface area (Å²) >= 11 is 0. The first-order valence-corrected chi connectivity index (χ1v) is 6.80. The Bertz CT molecular complexity index is 526. The first-order valence-electron chi connectivity index (χ1n) is 6.80. The Morgan fingerprint density at radius 1 is 1.30 bits per heavy atom. The molecule has 1 aliphatic rings. The molecule has 1 amide bonds. The molecular formula is C15H20N2O3. The molecule has 5 heteroatoms. The number of hydrogen-bond acceptors (Lipinski definition) is 3. The van der Waals surface area contributed by atoms with Crippen LogP contribution in [-0.2, 0) is 17.9 Å². The van der Waals surface area contributed by atoms with Crippen molar-refractivity contribution in [3.8, 4) is 0 Å². The minimum absolute atomic E-state index is 0.0185. The fraction of sp³-hybridized carbons (Fsp3) is 0.467. The number of carbonyl (C=O) groups excluding carboxylic acids is 1. The van der Waals surface area contributed by atoms with E-state index >= 15 is 0 Å². The normalized spacial score (nSPS) is 14.3. The van der Waals surface area contributed by atoms with Crippen molar-refractivity contribution in [2.75, 3.05) is 13.1 Å². The number of hydrogen-bond donors (Lipinski definition) is 2. The van der Waals surface area contributed by atoms with Gasteiger partial charge < -0.3 is 10.4 Å². The molecule has 0 fully saturated rings. The number of benzene rings is 1. The van der Waals surface area contributed by atoms with Crippen molar-refractivity contribution in [3.05, 3.63) is 34.9 Å². The molecule has 0 aliphatic carbocycles. The third kappa shape index (κ3) is 3.57. The average Bonchev–Trinajstić information content (AvgIpc) is 2.77. The topological polar surface area (TPSA) is 69.6 Å². The largest absolute Gasteiger partial charge is 0.478 e. The lowest BCUT2D eigenvalue weighted by atomic mass is 10.1. The van der Waals surface area contributed by atoms with Crippen LogP contribution in [-0.4, -0.2) is 35.0 Å². The van der Waals surface area contributed by atoms with Gasteiger partial charge in [-0.05, 0) is 29.2 Å². The zero-order chi connectivity index (χ0) is 14.7. The van der Waals surface area contributed by atoms with Gasteiger partial charge in [-0.25, -0.2) is 4.79 Å². The quantitative estimate of drug-likeness (QED) is 0.854. The van der Waals surface area contributed by atoms with E-state index in [9.17, 15) is 9.59 Å². The molecule has 2 N–H and O–H groups in total. The fourth-order valence-corrected chi connectivity index (χ4v) is 2.29. The molecule has 20 heavy (non-hydrogen) atoms. The molecule has 108 valence electrons. The molecule has 2 rings (SSSR count). The summed E-state index contributed by atoms with van der Waals surface area (Å²) in [5.74, 6) is -0.459. The van der Waals surface area contributed by atoms with Crippen LogP contribution in [0.2, 0.25) is 0 Å². The van der Waals surface area contributed by atoms with Gasteiger partial charge in [0.15, 0.2) is 0 Å². The van der Waals surface area contributed by atoms with Gasteiger partial charge in [0.2, 0.25) is 5.91 Å². The van der Waals surface area contributed by atoms with E-state index in [1.807, 2.05) is 11.0 Å². The zero-order valence-corrected chi connectivity index (χ0v) is 11.8. The molecule has 1 aliphatic heterocycles. The number of aromatic carboxylic acids is 1. The standard InChI is InChI=1S/C15H20N2O3/c1-10(2)6-16-14(18)9-17-7-12-4-3-11(15(19)20)5-13(12)8-17/h3-5,10H,6-9H2,1-2H3,(H,16,18)(H,19,20). The molecule has 1 aromatic carbocycles. The van der Waals surface area contributed by atoms with Gasteiger partial charge in [-0.2, -0.15) is 0 Å². The molecule has 5 nitrogen and oxygen atoms in total. The summed E-state index contributed by atoms with van der Waals surface area (Å²) in [5, 5.41) is 11.9. The summed E-state index contributed by atoms with van der Waals surface area (Å²) in [5.41, 5.74) is 2.41. The van der Waals surface area contributed by atoms with Gasteiger partial charge in [0.05, 0.1) is 12.1 Å². The van der Waals surface area contributed by atoms with Crippen LogP contribution in [0.3, 0.4) is 0 Å². The minimum atomic E-state index is -0.916. The van der Waals surface area contributed by atoms with Crippen molar-refractivity contribution < 1.29 is 14.7 Å². The number of nitrogens with one attached hydrogen (secondary N) is 1. The van der Waals surface area contributed by atoms with Crippen LogP contribution in [0.25, 0.3) is 0 Å². The van der Waals surface area contributed by atoms with Gasteiger partial charge in [-0.15, -0.1) is 0 Å². The first kappa shape index (κ1) is 14.5. The molecule has 0 radical (unpaired) electrons. The SMILES string of the molecule is CC(C)CNC(=O)CN1Cc2ccc(C(=O)O)cc2C1. The average molecular weight is 276 g/mol. The molecular weight excluding hydrogens is 256 g/mol. The lowest BCUT2D eigenvalue weighted by Crippen LogP contribution is -2.36. The van der Waals surface area contributed by atoms with Gasteiger partial charge >= 0.3 is 5.97 Å². The third-order valence-electron chi connectivity index (χ3n) is 3.32. The van der Waals surface area contributed by atoms with Crippen molar-refractivity contribution in [2.24, 2.45) is 5.92 Å². The molecule has 0 unspecified atom stereocenters. The lowest BCUT2D eigenvalue weighted by Gasteiger charge is -2.15. The number of amides is 1. The second kappa shape index (κ2) is 6.05. The van der Waals surface area contributed by atoms with Gasteiger partial charge in [-0.1, -0.05) is 19.9 Å². The van der Waals surface area contributed by atoms with Crippen LogP contribution >= 0.6 is 0 Å². The Labute approximate surface area is 118 Å². The molecule has 0 saturated carbocycles. The number of fused-ring (bicyclic) bond motifs is 1. The van der Waals surface area contributed by atoms with Gasteiger partial charge in [0.1, 0.15) is 0 Å². The van der Waals surface area contributed by atoms with E-state index in [2.05, 4.69) is 19.2 Å². The highest BCUT2D eigenvalue weighted by atomic mass is 16.4. The van der Waals surface area contributed by atoms with Crippen LogP contribution in [0.15, 0.2) is 18.2 Å². The van der Waals surface area contributed by atoms with Gasteiger partial charge in [0.25, 0.3) is 0 Å². The number of carboxylic acid groups (broad SMARTS) is 1. The van der Waals surface area contributed by atoms with E-state index in [1.165, 1.54) is 0 Å². The highest BCUT2D eigenvalue weighted by Crippen LogP contribution is 2.23. The third-order valence-corrected chi connectivity index (χ3v) is 3.32. The van der Waals surface area contributed by atoms with Crippen molar-refractivity contribution >= 4 is 11.9 Å². The van der Waals surface area contributed by atoms with Crippen molar-refractivity contribution in [1.29, 1.82) is 0 Å². The highest BCUT2D eigenvalue weighted by Gasteiger charge is 2.21. The van der Waals surface area contributed by atoms with Crippen molar-refractivity contribution in [1.82, 2.24) is 10.2 Å². The summed E-state index contributed by atoms with van der Waals surface area (Å²) in [4.78, 5) is 24.7. The molecule has 0 saturated heterocycles. The molecule has 0 aromatic heterocycles. The van der Waals surface area contributed by atoms with Crippen LogP contribution in [0.4, 0.5) is 0 Å². The lowest BCUT2D eigenvalue weighted by molar-refractivity contribution is -0.122. The van der Waals surface area contributed by atoms with Crippen LogP contribution in [0, 0.1) is 5.92 Å². The molecule has 1 aromatic rings. The summed E-state index contributed by atoms with van der Waals surface area (Å²) in [7, 11) is 0. The van der Waals surface area contributed by atoms with Gasteiger partial charge in [-0.3, -0.25) is 9.69 Å². The summed E-state index contributed by atoms with van der Waals surface area (Å²) < 4.78 is 0. The van der Waals surface area contributed by atoms with Crippen molar-refractivity contribution in [2.45, 2.75) is 26.9 Å². The number of nitrogens with zero attached hydrogens (tertiary/aromatic N) is 1. The zero-order valence-electron chi connectivity index (χ0n) is 11.8. The Balaban J connectivity index is 1.92. The monoisotopic (exact) mass is 276 g/mol. The summed E-state index contributed by atoms with van der Waals surface area (Å²) in [6, 6.07) is 5.15. The van der Waals surface area contributed by atoms with E-state index < -0.39 is 5.97 Å². The predicted octanol–water partition coefficient (Wildman–Crippen LogP) is 1.47. The number of carbonyl (C=O) groups is 2. The minimum Gasteiger partial charge on any atom is -0.478 e. The predicted molar refractivity (Wildman–Crippen MR) is 75.4 cm³/mol. The van der Waals surface area contributed by atoms with Crippen LogP contribution in [0.5, 0.6) is 0 Å². The second-order valence-corrected chi connectivity index (χ2v) is 5.63.